The van der Waals surface area contributed by atoms with Crippen LogP contribution in [0.3, 0.4) is 0 Å². The first-order valence-corrected chi connectivity index (χ1v) is 18.3. The van der Waals surface area contributed by atoms with E-state index in [2.05, 4.69) is 31.0 Å². The smallest absolute Gasteiger partial charge is 0.224 e. The minimum Gasteiger partial charge on any atom is -0.356 e. The molecule has 7 rings (SSSR count). The number of hydrogen-bond acceptors (Lipinski definition) is 7. The van der Waals surface area contributed by atoms with Gasteiger partial charge in [0.15, 0.2) is 0 Å². The predicted molar refractivity (Wildman–Crippen MR) is 173 cm³/mol. The topological polar surface area (TPSA) is 50.8 Å². The van der Waals surface area contributed by atoms with Gasteiger partial charge in [-0.2, -0.15) is 4.98 Å². The summed E-state index contributed by atoms with van der Waals surface area (Å²) in [5.41, 5.74) is 0.576. The van der Waals surface area contributed by atoms with E-state index in [1.807, 2.05) is 6.20 Å². The van der Waals surface area contributed by atoms with Gasteiger partial charge in [0.05, 0.1) is 0 Å². The van der Waals surface area contributed by atoms with Crippen molar-refractivity contribution in [1.82, 2.24) is 24.7 Å². The Kier molecular flexibility index (Phi) is 9.54. The van der Waals surface area contributed by atoms with Crippen molar-refractivity contribution < 1.29 is 0 Å². The fourth-order valence-corrected chi connectivity index (χ4v) is 9.87. The lowest BCUT2D eigenvalue weighted by atomic mass is 9.77. The Morgan fingerprint density at radius 2 is 1.38 bits per heavy atom. The Morgan fingerprint density at radius 3 is 2.12 bits per heavy atom. The van der Waals surface area contributed by atoms with Crippen molar-refractivity contribution in [3.63, 3.8) is 0 Å². The quantitative estimate of drug-likeness (QED) is 0.416. The lowest BCUT2D eigenvalue weighted by molar-refractivity contribution is 0.0577. The monoisotopic (exact) mass is 577 g/mol. The van der Waals surface area contributed by atoms with Gasteiger partial charge < -0.3 is 20.0 Å². The van der Waals surface area contributed by atoms with Gasteiger partial charge in [0.25, 0.3) is 0 Å². The van der Waals surface area contributed by atoms with E-state index in [0.717, 1.165) is 36.9 Å². The lowest BCUT2D eigenvalue weighted by Crippen LogP contribution is -2.51. The van der Waals surface area contributed by atoms with Crippen molar-refractivity contribution in [3.05, 3.63) is 12.3 Å². The number of nitrogens with one attached hydrogen (secondary N) is 1. The maximum absolute atomic E-state index is 5.09. The second-order valence-electron chi connectivity index (χ2n) is 15.1. The van der Waals surface area contributed by atoms with Gasteiger partial charge in [-0.25, -0.2) is 4.98 Å². The van der Waals surface area contributed by atoms with Crippen molar-refractivity contribution in [3.8, 4) is 0 Å². The molecule has 1 N–H and O–H groups in total. The Morgan fingerprint density at radius 1 is 0.714 bits per heavy atom. The Bertz CT molecular complexity index is 973. The van der Waals surface area contributed by atoms with Gasteiger partial charge in [-0.1, -0.05) is 51.4 Å². The maximum atomic E-state index is 5.09. The first-order chi connectivity index (χ1) is 20.7. The SMILES string of the molecule is c1cc(N2CCCCCC2)nc(N[C@H]2CCN(C3CCCCC3)[C@@H]2CN2CCC3(CCN(C4CCCCC4)CC3)C2)n1. The molecular weight excluding hydrogens is 518 g/mol. The van der Waals surface area contributed by atoms with Crippen LogP contribution in [-0.4, -0.2) is 101 Å². The number of nitrogens with zero attached hydrogens (tertiary/aromatic N) is 6. The van der Waals surface area contributed by atoms with Gasteiger partial charge in [-0.3, -0.25) is 4.90 Å². The van der Waals surface area contributed by atoms with Crippen LogP contribution in [-0.2, 0) is 0 Å². The molecule has 4 aliphatic heterocycles. The van der Waals surface area contributed by atoms with E-state index in [9.17, 15) is 0 Å². The molecule has 0 aromatic carbocycles. The first-order valence-electron chi connectivity index (χ1n) is 18.3. The highest BCUT2D eigenvalue weighted by Gasteiger charge is 2.45. The van der Waals surface area contributed by atoms with Crippen LogP contribution >= 0.6 is 0 Å². The molecule has 0 unspecified atom stereocenters. The Hall–Kier alpha value is -1.44. The van der Waals surface area contributed by atoms with Crippen LogP contribution in [0.5, 0.6) is 0 Å². The molecule has 1 spiro atoms. The zero-order valence-electron chi connectivity index (χ0n) is 26.5. The number of piperidine rings is 1. The summed E-state index contributed by atoms with van der Waals surface area (Å²) in [6, 6.07) is 4.80. The van der Waals surface area contributed by atoms with Crippen LogP contribution in [0.15, 0.2) is 12.3 Å². The zero-order chi connectivity index (χ0) is 28.2. The molecule has 1 aromatic heterocycles. The molecule has 2 aliphatic carbocycles. The third-order valence-electron chi connectivity index (χ3n) is 12.4. The van der Waals surface area contributed by atoms with Crippen molar-refractivity contribution in [1.29, 1.82) is 0 Å². The van der Waals surface area contributed by atoms with E-state index >= 15 is 0 Å². The third-order valence-corrected chi connectivity index (χ3v) is 12.4. The summed E-state index contributed by atoms with van der Waals surface area (Å²) >= 11 is 0. The highest BCUT2D eigenvalue weighted by atomic mass is 15.3. The molecule has 5 heterocycles. The van der Waals surface area contributed by atoms with Gasteiger partial charge in [-0.15, -0.1) is 0 Å². The fourth-order valence-electron chi connectivity index (χ4n) is 9.87. The summed E-state index contributed by atoms with van der Waals surface area (Å²) in [5, 5.41) is 3.92. The van der Waals surface area contributed by atoms with Gasteiger partial charge in [0.1, 0.15) is 5.82 Å². The summed E-state index contributed by atoms with van der Waals surface area (Å²) in [6.45, 7) is 10.0. The normalized spacial score (nSPS) is 31.1. The summed E-state index contributed by atoms with van der Waals surface area (Å²) < 4.78 is 0. The number of rotatable bonds is 7. The van der Waals surface area contributed by atoms with Crippen molar-refractivity contribution >= 4 is 11.8 Å². The molecule has 234 valence electrons. The van der Waals surface area contributed by atoms with Crippen LogP contribution in [0.1, 0.15) is 116 Å². The number of aromatic nitrogens is 2. The highest BCUT2D eigenvalue weighted by Crippen LogP contribution is 2.42. The highest BCUT2D eigenvalue weighted by molar-refractivity contribution is 5.43. The summed E-state index contributed by atoms with van der Waals surface area (Å²) in [7, 11) is 0. The van der Waals surface area contributed by atoms with Gasteiger partial charge in [-0.05, 0) is 95.3 Å². The minimum atomic E-state index is 0.441. The van der Waals surface area contributed by atoms with Crippen molar-refractivity contribution in [2.45, 2.75) is 140 Å². The number of anilines is 2. The zero-order valence-corrected chi connectivity index (χ0v) is 26.5. The maximum Gasteiger partial charge on any atom is 0.224 e. The van der Waals surface area contributed by atoms with Crippen LogP contribution in [0, 0.1) is 5.41 Å². The largest absolute Gasteiger partial charge is 0.356 e. The number of likely N-dealkylation sites (tertiary alicyclic amines) is 3. The van der Waals surface area contributed by atoms with E-state index in [-0.39, 0.29) is 0 Å². The first kappa shape index (κ1) is 29.3. The van der Waals surface area contributed by atoms with Gasteiger partial charge in [0.2, 0.25) is 5.95 Å². The van der Waals surface area contributed by atoms with Crippen LogP contribution in [0.2, 0.25) is 0 Å². The summed E-state index contributed by atoms with van der Waals surface area (Å²) in [4.78, 5) is 21.0. The molecule has 6 aliphatic rings. The molecule has 2 atom stereocenters. The molecule has 1 aromatic rings. The second-order valence-corrected chi connectivity index (χ2v) is 15.1. The molecule has 7 nitrogen and oxygen atoms in total. The average Bonchev–Trinajstić information content (AvgIpc) is 3.49. The van der Waals surface area contributed by atoms with Gasteiger partial charge >= 0.3 is 0 Å². The molecule has 4 saturated heterocycles. The van der Waals surface area contributed by atoms with E-state index < -0.39 is 0 Å². The fraction of sp³-hybridized carbons (Fsp3) is 0.886. The molecular formula is C35H59N7. The average molecular weight is 578 g/mol. The standard InChI is InChI=1S/C35H59N7/c1-2-10-22-41(21-9-1)33-15-20-36-34(38-33)37-31-16-23-42(30-13-7-4-8-14-30)32(31)27-39-24-17-35(28-39)18-25-40(26-19-35)29-11-5-3-6-12-29/h15,20,29-32H,1-14,16-19,21-28H2,(H,36,37,38)/t31-,32+/m0/s1. The molecule has 7 heteroatoms. The minimum absolute atomic E-state index is 0.441. The lowest BCUT2D eigenvalue weighted by Gasteiger charge is -2.44. The molecule has 2 saturated carbocycles. The van der Waals surface area contributed by atoms with E-state index in [1.165, 1.54) is 155 Å². The van der Waals surface area contributed by atoms with Crippen molar-refractivity contribution in [2.24, 2.45) is 5.41 Å². The summed E-state index contributed by atoms with van der Waals surface area (Å²) in [6.07, 6.45) is 27.1. The van der Waals surface area contributed by atoms with Crippen LogP contribution in [0.25, 0.3) is 0 Å². The molecule has 0 radical (unpaired) electrons. The van der Waals surface area contributed by atoms with Crippen LogP contribution in [0.4, 0.5) is 11.8 Å². The third kappa shape index (κ3) is 6.78. The van der Waals surface area contributed by atoms with Crippen molar-refractivity contribution in [2.75, 3.05) is 62.6 Å². The molecule has 6 fully saturated rings. The van der Waals surface area contributed by atoms with Gasteiger partial charge in [0, 0.05) is 63.1 Å². The second kappa shape index (κ2) is 13.7. The molecule has 0 amide bonds. The van der Waals surface area contributed by atoms with E-state index in [4.69, 9.17) is 9.97 Å². The molecule has 42 heavy (non-hydrogen) atoms. The Labute approximate surface area is 256 Å². The van der Waals surface area contributed by atoms with Crippen LogP contribution < -0.4 is 10.2 Å². The predicted octanol–water partition coefficient (Wildman–Crippen LogP) is 6.17. The van der Waals surface area contributed by atoms with E-state index in [1.54, 1.807) is 0 Å². The summed E-state index contributed by atoms with van der Waals surface area (Å²) in [5.74, 6) is 1.97. The van der Waals surface area contributed by atoms with E-state index in [0.29, 0.717) is 17.5 Å². The molecule has 0 bridgehead atoms. The Balaban J connectivity index is 1.01. The number of hydrogen-bond donors (Lipinski definition) is 1.